The lowest BCUT2D eigenvalue weighted by atomic mass is 10.2. The second-order valence-electron chi connectivity index (χ2n) is 7.09. The van der Waals surface area contributed by atoms with E-state index in [-0.39, 0.29) is 17.9 Å². The molecule has 4 rings (SSSR count). The van der Waals surface area contributed by atoms with Crippen LogP contribution in [-0.2, 0) is 6.42 Å². The third kappa shape index (κ3) is 3.65. The van der Waals surface area contributed by atoms with Crippen LogP contribution < -0.4 is 5.32 Å². The van der Waals surface area contributed by atoms with Gasteiger partial charge in [0.05, 0.1) is 22.8 Å². The van der Waals surface area contributed by atoms with E-state index < -0.39 is 0 Å². The van der Waals surface area contributed by atoms with Crippen LogP contribution in [0.15, 0.2) is 24.3 Å². The minimum atomic E-state index is -0.294. The number of aromatic amines is 1. The number of carbonyl (C=O) groups is 1. The second-order valence-corrected chi connectivity index (χ2v) is 7.09. The zero-order chi connectivity index (χ0) is 19.0. The highest BCUT2D eigenvalue weighted by atomic mass is 19.1. The van der Waals surface area contributed by atoms with Gasteiger partial charge in [-0.15, -0.1) is 0 Å². The van der Waals surface area contributed by atoms with Gasteiger partial charge < -0.3 is 15.2 Å². The molecule has 27 heavy (non-hydrogen) atoms. The summed E-state index contributed by atoms with van der Waals surface area (Å²) in [7, 11) is 0. The van der Waals surface area contributed by atoms with Gasteiger partial charge >= 0.3 is 6.03 Å². The Bertz CT molecular complexity index is 978. The van der Waals surface area contributed by atoms with Gasteiger partial charge in [-0.05, 0) is 44.5 Å². The van der Waals surface area contributed by atoms with Gasteiger partial charge in [-0.3, -0.25) is 4.68 Å². The van der Waals surface area contributed by atoms with E-state index in [1.54, 1.807) is 6.07 Å². The molecule has 0 radical (unpaired) electrons. The zero-order valence-corrected chi connectivity index (χ0v) is 15.5. The number of aryl methyl sites for hydroxylation is 2. The van der Waals surface area contributed by atoms with Gasteiger partial charge in [0, 0.05) is 31.7 Å². The first-order chi connectivity index (χ1) is 13.0. The van der Waals surface area contributed by atoms with E-state index in [9.17, 15) is 9.18 Å². The number of benzene rings is 1. The summed E-state index contributed by atoms with van der Waals surface area (Å²) >= 11 is 0. The molecule has 0 bridgehead atoms. The molecule has 0 spiro atoms. The fraction of sp³-hybridized carbons (Fsp3) is 0.421. The van der Waals surface area contributed by atoms with E-state index in [2.05, 4.69) is 26.4 Å². The van der Waals surface area contributed by atoms with E-state index in [0.29, 0.717) is 25.0 Å². The van der Waals surface area contributed by atoms with Crippen LogP contribution in [-0.4, -0.2) is 50.3 Å². The van der Waals surface area contributed by atoms with Crippen molar-refractivity contribution in [2.75, 3.05) is 19.6 Å². The molecule has 1 fully saturated rings. The maximum Gasteiger partial charge on any atom is 0.317 e. The summed E-state index contributed by atoms with van der Waals surface area (Å²) in [4.78, 5) is 21.8. The number of likely N-dealkylation sites (tertiary alicyclic amines) is 1. The Morgan fingerprint density at radius 1 is 1.37 bits per heavy atom. The van der Waals surface area contributed by atoms with Gasteiger partial charge in [-0.1, -0.05) is 0 Å². The fourth-order valence-corrected chi connectivity index (χ4v) is 3.69. The number of rotatable bonds is 4. The highest BCUT2D eigenvalue weighted by Gasteiger charge is 2.28. The first kappa shape index (κ1) is 17.5. The monoisotopic (exact) mass is 370 g/mol. The molecule has 3 heterocycles. The summed E-state index contributed by atoms with van der Waals surface area (Å²) in [6.45, 7) is 5.88. The van der Waals surface area contributed by atoms with Crippen molar-refractivity contribution in [2.45, 2.75) is 32.7 Å². The number of amides is 2. The molecule has 1 aliphatic heterocycles. The van der Waals surface area contributed by atoms with Gasteiger partial charge in [0.25, 0.3) is 0 Å². The van der Waals surface area contributed by atoms with Gasteiger partial charge in [0.15, 0.2) is 0 Å². The van der Waals surface area contributed by atoms with Gasteiger partial charge in [0.1, 0.15) is 11.6 Å². The normalized spacial score (nSPS) is 17.0. The van der Waals surface area contributed by atoms with Crippen molar-refractivity contribution < 1.29 is 9.18 Å². The van der Waals surface area contributed by atoms with Crippen molar-refractivity contribution >= 4 is 17.1 Å². The lowest BCUT2D eigenvalue weighted by Gasteiger charge is -2.18. The predicted molar refractivity (Wildman–Crippen MR) is 100 cm³/mol. The summed E-state index contributed by atoms with van der Waals surface area (Å²) in [5, 5.41) is 7.48. The van der Waals surface area contributed by atoms with Crippen LogP contribution in [0.3, 0.4) is 0 Å². The molecule has 1 atom stereocenters. The molecule has 2 amide bonds. The lowest BCUT2D eigenvalue weighted by molar-refractivity contribution is 0.207. The molecular formula is C19H23FN6O. The zero-order valence-electron chi connectivity index (χ0n) is 15.5. The highest BCUT2D eigenvalue weighted by Crippen LogP contribution is 2.23. The largest absolute Gasteiger partial charge is 0.342 e. The summed E-state index contributed by atoms with van der Waals surface area (Å²) < 4.78 is 15.3. The van der Waals surface area contributed by atoms with Crippen molar-refractivity contribution in [2.24, 2.45) is 0 Å². The van der Waals surface area contributed by atoms with Gasteiger partial charge in [0.2, 0.25) is 0 Å². The van der Waals surface area contributed by atoms with Gasteiger partial charge in [-0.2, -0.15) is 5.10 Å². The average molecular weight is 370 g/mol. The Hall–Kier alpha value is -2.90. The second kappa shape index (κ2) is 7.02. The van der Waals surface area contributed by atoms with Crippen LogP contribution in [0.4, 0.5) is 9.18 Å². The molecule has 0 saturated carbocycles. The summed E-state index contributed by atoms with van der Waals surface area (Å²) in [6.07, 6.45) is 1.47. The first-order valence-corrected chi connectivity index (χ1v) is 9.19. The van der Waals surface area contributed by atoms with E-state index in [4.69, 9.17) is 0 Å². The molecule has 2 aromatic heterocycles. The molecule has 1 aliphatic rings. The quantitative estimate of drug-likeness (QED) is 0.741. The van der Waals surface area contributed by atoms with E-state index in [1.807, 2.05) is 23.4 Å². The molecule has 1 saturated heterocycles. The number of hydrogen-bond donors (Lipinski definition) is 2. The van der Waals surface area contributed by atoms with Crippen molar-refractivity contribution in [3.05, 3.63) is 47.3 Å². The maximum absolute atomic E-state index is 13.2. The van der Waals surface area contributed by atoms with Gasteiger partial charge in [-0.25, -0.2) is 14.2 Å². The van der Waals surface area contributed by atoms with Crippen molar-refractivity contribution in [3.8, 4) is 0 Å². The van der Waals surface area contributed by atoms with E-state index in [0.717, 1.165) is 35.7 Å². The number of hydrogen-bond acceptors (Lipinski definition) is 3. The van der Waals surface area contributed by atoms with Crippen LogP contribution in [0, 0.1) is 19.7 Å². The number of nitrogens with zero attached hydrogens (tertiary/aromatic N) is 4. The van der Waals surface area contributed by atoms with E-state index >= 15 is 0 Å². The number of H-pyrrole nitrogens is 1. The Morgan fingerprint density at radius 2 is 2.22 bits per heavy atom. The molecule has 0 aliphatic carbocycles. The molecular weight excluding hydrogens is 347 g/mol. The Kier molecular flexibility index (Phi) is 4.55. The first-order valence-electron chi connectivity index (χ1n) is 9.19. The third-order valence-corrected chi connectivity index (χ3v) is 4.97. The highest BCUT2D eigenvalue weighted by molar-refractivity contribution is 5.75. The number of imidazole rings is 1. The minimum absolute atomic E-state index is 0.0683. The summed E-state index contributed by atoms with van der Waals surface area (Å²) in [5.74, 6) is 0.440. The van der Waals surface area contributed by atoms with Crippen molar-refractivity contribution in [1.29, 1.82) is 0 Å². The molecule has 8 heteroatoms. The Balaban J connectivity index is 1.30. The van der Waals surface area contributed by atoms with Crippen LogP contribution >= 0.6 is 0 Å². The maximum atomic E-state index is 13.2. The number of aromatic nitrogens is 4. The topological polar surface area (TPSA) is 78.8 Å². The molecule has 2 N–H and O–H groups in total. The molecule has 1 aromatic carbocycles. The van der Waals surface area contributed by atoms with Crippen LogP contribution in [0.1, 0.15) is 29.7 Å². The molecule has 142 valence electrons. The predicted octanol–water partition coefficient (Wildman–Crippen LogP) is 2.71. The number of carbonyl (C=O) groups excluding carboxylic acids is 1. The lowest BCUT2D eigenvalue weighted by Crippen LogP contribution is -2.39. The minimum Gasteiger partial charge on any atom is -0.342 e. The molecule has 3 aromatic rings. The van der Waals surface area contributed by atoms with Crippen LogP contribution in [0.5, 0.6) is 0 Å². The summed E-state index contributed by atoms with van der Waals surface area (Å²) in [6, 6.07) is 6.68. The third-order valence-electron chi connectivity index (χ3n) is 4.97. The number of fused-ring (bicyclic) bond motifs is 1. The summed E-state index contributed by atoms with van der Waals surface area (Å²) in [5.41, 5.74) is 3.52. The smallest absolute Gasteiger partial charge is 0.317 e. The number of nitrogens with one attached hydrogen (secondary N) is 2. The fourth-order valence-electron chi connectivity index (χ4n) is 3.69. The number of halogens is 1. The number of urea groups is 1. The van der Waals surface area contributed by atoms with E-state index in [1.165, 1.54) is 12.1 Å². The SMILES string of the molecule is Cc1cc(C)n(C2CCN(C(=O)NCCc3nc4ccc(F)cc4[nH]3)C2)n1. The van der Waals surface area contributed by atoms with Crippen molar-refractivity contribution in [3.63, 3.8) is 0 Å². The Morgan fingerprint density at radius 3 is 3.00 bits per heavy atom. The Labute approximate surface area is 156 Å². The average Bonchev–Trinajstić information content (AvgIpc) is 3.32. The molecule has 7 nitrogen and oxygen atoms in total. The van der Waals surface area contributed by atoms with Crippen molar-refractivity contribution in [1.82, 2.24) is 30.0 Å². The standard InChI is InChI=1S/C19H23FN6O/c1-12-9-13(2)26(24-12)15-6-8-25(11-15)19(27)21-7-5-18-22-16-4-3-14(20)10-17(16)23-18/h3-4,9-10,15H,5-8,11H2,1-2H3,(H,21,27)(H,22,23). The molecule has 1 unspecified atom stereocenters. The van der Waals surface area contributed by atoms with Crippen LogP contribution in [0.25, 0.3) is 11.0 Å². The van der Waals surface area contributed by atoms with Crippen LogP contribution in [0.2, 0.25) is 0 Å².